The van der Waals surface area contributed by atoms with E-state index in [2.05, 4.69) is 23.2 Å². The largest absolute Gasteiger partial charge is 0.274 e. The molecule has 0 aliphatic heterocycles. The Morgan fingerprint density at radius 2 is 1.71 bits per heavy atom. The molecule has 0 saturated heterocycles. The normalized spacial score (nSPS) is 12.6. The van der Waals surface area contributed by atoms with Gasteiger partial charge in [-0.25, -0.2) is 9.38 Å². The molecule has 24 heavy (non-hydrogen) atoms. The molecule has 114 valence electrons. The van der Waals surface area contributed by atoms with Gasteiger partial charge in [-0.05, 0) is 34.5 Å². The highest BCUT2D eigenvalue weighted by Gasteiger charge is 2.10. The predicted molar refractivity (Wildman–Crippen MR) is 99.6 cm³/mol. The van der Waals surface area contributed by atoms with Gasteiger partial charge in [-0.15, -0.1) is 0 Å². The number of para-hydroxylation sites is 2. The number of imidazole rings is 1. The third-order valence-corrected chi connectivity index (χ3v) is 5.22. The van der Waals surface area contributed by atoms with E-state index in [0.717, 1.165) is 26.9 Å². The summed E-state index contributed by atoms with van der Waals surface area (Å²) in [5.41, 5.74) is 2.78. The Hall–Kier alpha value is -2.98. The molecule has 0 N–H and O–H groups in total. The maximum atomic E-state index is 12.8. The Morgan fingerprint density at radius 1 is 0.917 bits per heavy atom. The van der Waals surface area contributed by atoms with E-state index in [1.54, 1.807) is 4.40 Å². The molecule has 0 atom stereocenters. The van der Waals surface area contributed by atoms with Crippen molar-refractivity contribution in [3.63, 3.8) is 0 Å². The van der Waals surface area contributed by atoms with Crippen LogP contribution in [0.15, 0.2) is 71.5 Å². The van der Waals surface area contributed by atoms with Crippen molar-refractivity contribution in [3.05, 3.63) is 87.2 Å². The van der Waals surface area contributed by atoms with Crippen molar-refractivity contribution in [1.29, 1.82) is 0 Å². The van der Waals surface area contributed by atoms with Crippen LogP contribution >= 0.6 is 11.3 Å². The topological polar surface area (TPSA) is 34.4 Å². The van der Waals surface area contributed by atoms with Crippen LogP contribution in [0, 0.1) is 0 Å². The first-order valence-corrected chi connectivity index (χ1v) is 8.52. The van der Waals surface area contributed by atoms with E-state index in [-0.39, 0.29) is 5.56 Å². The summed E-state index contributed by atoms with van der Waals surface area (Å²) in [6.07, 6.45) is 1.97. The lowest BCUT2D eigenvalue weighted by atomic mass is 10.0. The fourth-order valence-electron chi connectivity index (χ4n) is 3.13. The van der Waals surface area contributed by atoms with E-state index in [1.165, 1.54) is 16.7 Å². The van der Waals surface area contributed by atoms with Gasteiger partial charge in [-0.2, -0.15) is 0 Å². The van der Waals surface area contributed by atoms with Crippen molar-refractivity contribution in [2.45, 2.75) is 0 Å². The van der Waals surface area contributed by atoms with E-state index in [1.807, 2.05) is 54.6 Å². The van der Waals surface area contributed by atoms with Crippen molar-refractivity contribution < 1.29 is 0 Å². The molecule has 0 aliphatic carbocycles. The Bertz CT molecular complexity index is 1330. The summed E-state index contributed by atoms with van der Waals surface area (Å²) >= 11 is 1.44. The van der Waals surface area contributed by atoms with Crippen LogP contribution in [-0.2, 0) is 0 Å². The van der Waals surface area contributed by atoms with Gasteiger partial charge in [0.1, 0.15) is 0 Å². The second-order valence-electron chi connectivity index (χ2n) is 5.70. The van der Waals surface area contributed by atoms with Crippen molar-refractivity contribution in [3.8, 4) is 0 Å². The van der Waals surface area contributed by atoms with Gasteiger partial charge >= 0.3 is 0 Å². The number of nitrogens with zero attached hydrogens (tertiary/aromatic N) is 2. The number of fused-ring (bicyclic) bond motifs is 4. The molecule has 0 aliphatic rings. The molecule has 5 aromatic rings. The average Bonchev–Trinajstić information content (AvgIpc) is 3.12. The Morgan fingerprint density at radius 3 is 2.67 bits per heavy atom. The molecular formula is C20H12N2OS. The molecule has 0 bridgehead atoms. The molecule has 0 spiro atoms. The van der Waals surface area contributed by atoms with Crippen LogP contribution in [-0.4, -0.2) is 9.38 Å². The third-order valence-electron chi connectivity index (χ3n) is 4.26. The summed E-state index contributed by atoms with van der Waals surface area (Å²) in [6, 6.07) is 22.1. The van der Waals surface area contributed by atoms with Crippen LogP contribution in [0.1, 0.15) is 5.56 Å². The molecule has 5 rings (SSSR count). The van der Waals surface area contributed by atoms with Gasteiger partial charge in [-0.3, -0.25) is 4.79 Å². The van der Waals surface area contributed by atoms with E-state index < -0.39 is 0 Å². The summed E-state index contributed by atoms with van der Waals surface area (Å²) in [5.74, 6) is 0. The fraction of sp³-hybridized carbons (Fsp3) is 0. The molecule has 0 radical (unpaired) electrons. The van der Waals surface area contributed by atoms with Crippen LogP contribution in [0.4, 0.5) is 0 Å². The van der Waals surface area contributed by atoms with Gasteiger partial charge < -0.3 is 0 Å². The second-order valence-corrected chi connectivity index (χ2v) is 6.71. The lowest BCUT2D eigenvalue weighted by molar-refractivity contribution is 1.19. The van der Waals surface area contributed by atoms with Crippen LogP contribution in [0.5, 0.6) is 0 Å². The molecule has 0 unspecified atom stereocenters. The van der Waals surface area contributed by atoms with E-state index in [0.29, 0.717) is 4.53 Å². The number of hydrogen-bond donors (Lipinski definition) is 0. The zero-order valence-electron chi connectivity index (χ0n) is 12.6. The number of benzene rings is 3. The number of aromatic nitrogens is 2. The Kier molecular flexibility index (Phi) is 2.81. The highest BCUT2D eigenvalue weighted by molar-refractivity contribution is 7.15. The summed E-state index contributed by atoms with van der Waals surface area (Å²) in [5, 5.41) is 2.32. The Balaban J connectivity index is 1.84. The minimum Gasteiger partial charge on any atom is -0.267 e. The number of hydrogen-bond acceptors (Lipinski definition) is 3. The maximum absolute atomic E-state index is 12.8. The molecule has 2 aromatic heterocycles. The van der Waals surface area contributed by atoms with Crippen LogP contribution in [0.25, 0.3) is 32.8 Å². The smallest absolute Gasteiger partial charge is 0.267 e. The van der Waals surface area contributed by atoms with Gasteiger partial charge in [-0.1, -0.05) is 65.9 Å². The Labute approximate surface area is 141 Å². The first-order chi connectivity index (χ1) is 11.8. The lowest BCUT2D eigenvalue weighted by Gasteiger charge is -2.00. The molecule has 0 amide bonds. The first-order valence-electron chi connectivity index (χ1n) is 7.71. The van der Waals surface area contributed by atoms with Crippen LogP contribution in [0.2, 0.25) is 0 Å². The highest BCUT2D eigenvalue weighted by atomic mass is 32.1. The van der Waals surface area contributed by atoms with Gasteiger partial charge in [0.05, 0.1) is 15.6 Å². The highest BCUT2D eigenvalue weighted by Crippen LogP contribution is 2.20. The van der Waals surface area contributed by atoms with Gasteiger partial charge in [0.25, 0.3) is 5.56 Å². The first kappa shape index (κ1) is 13.5. The molecule has 3 aromatic carbocycles. The van der Waals surface area contributed by atoms with E-state index >= 15 is 0 Å². The lowest BCUT2D eigenvalue weighted by Crippen LogP contribution is -2.22. The minimum atomic E-state index is -0.00312. The second kappa shape index (κ2) is 5.01. The third kappa shape index (κ3) is 1.90. The molecule has 0 saturated carbocycles. The molecule has 3 nitrogen and oxygen atoms in total. The SMILES string of the molecule is O=c1/c(=C\c2cccc3ccccc23)sc2nc3ccccc3n12. The van der Waals surface area contributed by atoms with Crippen LogP contribution in [0.3, 0.4) is 0 Å². The van der Waals surface area contributed by atoms with Crippen LogP contribution < -0.4 is 10.1 Å². The standard InChI is InChI=1S/C20H12N2OS/c23-19-18(12-14-8-5-7-13-6-1-2-9-15(13)14)24-20-21-16-10-3-4-11-17(16)22(19)20/h1-12H/b18-12+. The minimum absolute atomic E-state index is 0.00312. The van der Waals surface area contributed by atoms with E-state index in [4.69, 9.17) is 0 Å². The monoisotopic (exact) mass is 328 g/mol. The molecule has 4 heteroatoms. The quantitative estimate of drug-likeness (QED) is 0.471. The maximum Gasteiger partial charge on any atom is 0.274 e. The molecule has 2 heterocycles. The fourth-order valence-corrected chi connectivity index (χ4v) is 4.11. The summed E-state index contributed by atoms with van der Waals surface area (Å²) in [7, 11) is 0. The number of thiazole rings is 1. The van der Waals surface area contributed by atoms with Gasteiger partial charge in [0, 0.05) is 0 Å². The van der Waals surface area contributed by atoms with Gasteiger partial charge in [0.15, 0.2) is 4.96 Å². The van der Waals surface area contributed by atoms with Crippen molar-refractivity contribution in [2.75, 3.05) is 0 Å². The van der Waals surface area contributed by atoms with Crippen molar-refractivity contribution >= 4 is 44.2 Å². The van der Waals surface area contributed by atoms with Gasteiger partial charge in [0.2, 0.25) is 0 Å². The summed E-state index contributed by atoms with van der Waals surface area (Å²) < 4.78 is 2.41. The predicted octanol–water partition coefficient (Wildman–Crippen LogP) is 3.61. The zero-order chi connectivity index (χ0) is 16.1. The summed E-state index contributed by atoms with van der Waals surface area (Å²) in [4.78, 5) is 18.2. The molecule has 0 fully saturated rings. The van der Waals surface area contributed by atoms with Crippen molar-refractivity contribution in [2.24, 2.45) is 0 Å². The summed E-state index contributed by atoms with van der Waals surface area (Å²) in [6.45, 7) is 0. The number of rotatable bonds is 1. The zero-order valence-corrected chi connectivity index (χ0v) is 13.5. The van der Waals surface area contributed by atoms with E-state index in [9.17, 15) is 4.79 Å². The van der Waals surface area contributed by atoms with Crippen molar-refractivity contribution in [1.82, 2.24) is 9.38 Å². The molecular weight excluding hydrogens is 316 g/mol. The average molecular weight is 328 g/mol.